The number of rotatable bonds is 0. The predicted molar refractivity (Wildman–Crippen MR) is 56.7 cm³/mol. The minimum Gasteiger partial charge on any atom is -0.332 e. The molecule has 0 unspecified atom stereocenters. The van der Waals surface area contributed by atoms with Crippen molar-refractivity contribution in [2.45, 2.75) is 6.92 Å². The van der Waals surface area contributed by atoms with E-state index in [1.807, 2.05) is 17.7 Å². The molecule has 3 nitrogen and oxygen atoms in total. The molecular formula is C10H9ClN2O. The number of aryl methyl sites for hydroxylation is 2. The van der Waals surface area contributed by atoms with E-state index >= 15 is 0 Å². The Morgan fingerprint density at radius 1 is 1.43 bits per heavy atom. The van der Waals surface area contributed by atoms with Crippen molar-refractivity contribution in [3.8, 4) is 0 Å². The number of fused-ring (bicyclic) bond motifs is 1. The molecule has 1 aromatic carbocycles. The van der Waals surface area contributed by atoms with Gasteiger partial charge < -0.3 is 4.57 Å². The first-order chi connectivity index (χ1) is 6.59. The SMILES string of the molecule is Cc1nc(=O)c2cc(Cl)ccc2n1C. The zero-order valence-corrected chi connectivity index (χ0v) is 8.67. The van der Waals surface area contributed by atoms with Crippen molar-refractivity contribution < 1.29 is 0 Å². The second kappa shape index (κ2) is 3.10. The van der Waals surface area contributed by atoms with E-state index in [2.05, 4.69) is 4.98 Å². The van der Waals surface area contributed by atoms with Crippen LogP contribution in [-0.2, 0) is 7.05 Å². The van der Waals surface area contributed by atoms with Crippen LogP contribution in [-0.4, -0.2) is 9.55 Å². The van der Waals surface area contributed by atoms with Crippen LogP contribution in [0.1, 0.15) is 5.82 Å². The molecule has 4 heteroatoms. The highest BCUT2D eigenvalue weighted by molar-refractivity contribution is 6.31. The zero-order chi connectivity index (χ0) is 10.3. The summed E-state index contributed by atoms with van der Waals surface area (Å²) in [6, 6.07) is 5.24. The summed E-state index contributed by atoms with van der Waals surface area (Å²) in [7, 11) is 1.87. The maximum absolute atomic E-state index is 11.5. The summed E-state index contributed by atoms with van der Waals surface area (Å²) in [4.78, 5) is 15.4. The molecule has 14 heavy (non-hydrogen) atoms. The third kappa shape index (κ3) is 1.30. The lowest BCUT2D eigenvalue weighted by Gasteiger charge is -2.07. The molecule has 0 fully saturated rings. The molecule has 0 saturated heterocycles. The summed E-state index contributed by atoms with van der Waals surface area (Å²) in [6.45, 7) is 1.80. The molecule has 1 aromatic heterocycles. The molecule has 0 radical (unpaired) electrons. The first kappa shape index (κ1) is 9.21. The molecule has 0 bridgehead atoms. The van der Waals surface area contributed by atoms with Crippen LogP contribution in [0.3, 0.4) is 0 Å². The third-order valence-corrected chi connectivity index (χ3v) is 2.53. The van der Waals surface area contributed by atoms with E-state index in [-0.39, 0.29) is 5.56 Å². The minimum atomic E-state index is -0.224. The van der Waals surface area contributed by atoms with Crippen LogP contribution in [0.5, 0.6) is 0 Å². The first-order valence-electron chi connectivity index (χ1n) is 4.22. The molecule has 0 amide bonds. The molecule has 1 heterocycles. The monoisotopic (exact) mass is 208 g/mol. The van der Waals surface area contributed by atoms with Crippen LogP contribution in [0.2, 0.25) is 5.02 Å². The van der Waals surface area contributed by atoms with Crippen LogP contribution in [0, 0.1) is 6.92 Å². The van der Waals surface area contributed by atoms with E-state index in [4.69, 9.17) is 11.6 Å². The Kier molecular flexibility index (Phi) is 2.04. The van der Waals surface area contributed by atoms with E-state index in [9.17, 15) is 4.79 Å². The van der Waals surface area contributed by atoms with Gasteiger partial charge in [0.1, 0.15) is 5.82 Å². The van der Waals surface area contributed by atoms with Gasteiger partial charge in [0.15, 0.2) is 0 Å². The Balaban J connectivity index is 3.02. The summed E-state index contributed by atoms with van der Waals surface area (Å²) in [5.41, 5.74) is 0.630. The van der Waals surface area contributed by atoms with E-state index in [1.54, 1.807) is 19.1 Å². The van der Waals surface area contributed by atoms with E-state index < -0.39 is 0 Å². The maximum Gasteiger partial charge on any atom is 0.280 e. The molecule has 0 atom stereocenters. The number of hydrogen-bond acceptors (Lipinski definition) is 2. The average Bonchev–Trinajstić information content (AvgIpc) is 2.14. The van der Waals surface area contributed by atoms with Crippen molar-refractivity contribution >= 4 is 22.5 Å². The Hall–Kier alpha value is -1.35. The third-order valence-electron chi connectivity index (χ3n) is 2.30. The highest BCUT2D eigenvalue weighted by atomic mass is 35.5. The van der Waals surface area contributed by atoms with E-state index in [0.717, 1.165) is 5.52 Å². The standard InChI is InChI=1S/C10H9ClN2O/c1-6-12-10(14)8-5-7(11)3-4-9(8)13(6)2/h3-5H,1-2H3. The van der Waals surface area contributed by atoms with E-state index in [1.165, 1.54) is 0 Å². The lowest BCUT2D eigenvalue weighted by Crippen LogP contribution is -2.14. The summed E-state index contributed by atoms with van der Waals surface area (Å²) in [5.74, 6) is 0.699. The molecule has 0 aliphatic rings. The summed E-state index contributed by atoms with van der Waals surface area (Å²) < 4.78 is 1.87. The van der Waals surface area contributed by atoms with Gasteiger partial charge in [0.25, 0.3) is 5.56 Å². The topological polar surface area (TPSA) is 34.9 Å². The van der Waals surface area contributed by atoms with Crippen molar-refractivity contribution in [1.29, 1.82) is 0 Å². The van der Waals surface area contributed by atoms with Gasteiger partial charge in [0.2, 0.25) is 0 Å². The molecule has 2 rings (SSSR count). The Morgan fingerprint density at radius 2 is 2.14 bits per heavy atom. The van der Waals surface area contributed by atoms with Crippen molar-refractivity contribution in [3.05, 3.63) is 39.4 Å². The molecule has 0 saturated carbocycles. The largest absolute Gasteiger partial charge is 0.332 e. The number of benzene rings is 1. The number of hydrogen-bond donors (Lipinski definition) is 0. The van der Waals surface area contributed by atoms with Crippen LogP contribution in [0.15, 0.2) is 23.0 Å². The Labute approximate surface area is 86.0 Å². The second-order valence-corrected chi connectivity index (χ2v) is 3.62. The Bertz CT molecular complexity index is 560. The number of nitrogens with zero attached hydrogens (tertiary/aromatic N) is 2. The minimum absolute atomic E-state index is 0.224. The zero-order valence-electron chi connectivity index (χ0n) is 7.91. The first-order valence-corrected chi connectivity index (χ1v) is 4.60. The highest BCUT2D eigenvalue weighted by Crippen LogP contribution is 2.15. The van der Waals surface area contributed by atoms with Gasteiger partial charge in [0.05, 0.1) is 10.9 Å². The highest BCUT2D eigenvalue weighted by Gasteiger charge is 2.04. The molecule has 0 spiro atoms. The van der Waals surface area contributed by atoms with Gasteiger partial charge >= 0.3 is 0 Å². The molecule has 2 aromatic rings. The van der Waals surface area contributed by atoms with Gasteiger partial charge in [-0.1, -0.05) is 11.6 Å². The maximum atomic E-state index is 11.5. The van der Waals surface area contributed by atoms with Gasteiger partial charge in [-0.15, -0.1) is 0 Å². The molecule has 0 aliphatic heterocycles. The molecule has 72 valence electrons. The van der Waals surface area contributed by atoms with Crippen molar-refractivity contribution in [1.82, 2.24) is 9.55 Å². The van der Waals surface area contributed by atoms with Crippen LogP contribution in [0.25, 0.3) is 10.9 Å². The fraction of sp³-hybridized carbons (Fsp3) is 0.200. The smallest absolute Gasteiger partial charge is 0.280 e. The average molecular weight is 209 g/mol. The van der Waals surface area contributed by atoms with Crippen molar-refractivity contribution in [3.63, 3.8) is 0 Å². The number of halogens is 1. The predicted octanol–water partition coefficient (Wildman–Crippen LogP) is 1.90. The lowest BCUT2D eigenvalue weighted by molar-refractivity contribution is 0.839. The van der Waals surface area contributed by atoms with Crippen LogP contribution >= 0.6 is 11.6 Å². The summed E-state index contributed by atoms with van der Waals surface area (Å²) in [6.07, 6.45) is 0. The van der Waals surface area contributed by atoms with Gasteiger partial charge in [-0.3, -0.25) is 4.79 Å². The lowest BCUT2D eigenvalue weighted by atomic mass is 10.2. The molecule has 0 N–H and O–H groups in total. The Morgan fingerprint density at radius 3 is 2.86 bits per heavy atom. The van der Waals surface area contributed by atoms with Gasteiger partial charge in [-0.25, -0.2) is 0 Å². The van der Waals surface area contributed by atoms with Crippen molar-refractivity contribution in [2.75, 3.05) is 0 Å². The second-order valence-electron chi connectivity index (χ2n) is 3.18. The van der Waals surface area contributed by atoms with Crippen LogP contribution < -0.4 is 5.56 Å². The molecular weight excluding hydrogens is 200 g/mol. The molecule has 0 aliphatic carbocycles. The van der Waals surface area contributed by atoms with Crippen LogP contribution in [0.4, 0.5) is 0 Å². The summed E-state index contributed by atoms with van der Waals surface area (Å²) in [5, 5.41) is 1.12. The fourth-order valence-corrected chi connectivity index (χ4v) is 1.60. The van der Waals surface area contributed by atoms with Gasteiger partial charge in [-0.2, -0.15) is 4.98 Å². The van der Waals surface area contributed by atoms with Gasteiger partial charge in [-0.05, 0) is 25.1 Å². The normalized spacial score (nSPS) is 10.8. The van der Waals surface area contributed by atoms with E-state index in [0.29, 0.717) is 16.2 Å². The fourth-order valence-electron chi connectivity index (χ4n) is 1.43. The summed E-state index contributed by atoms with van der Waals surface area (Å²) >= 11 is 5.81. The number of aromatic nitrogens is 2. The van der Waals surface area contributed by atoms with Crippen molar-refractivity contribution in [2.24, 2.45) is 7.05 Å². The van der Waals surface area contributed by atoms with Gasteiger partial charge in [0, 0.05) is 12.1 Å². The quantitative estimate of drug-likeness (QED) is 0.663.